The lowest BCUT2D eigenvalue weighted by molar-refractivity contribution is -0.148. The average molecular weight is 385 g/mol. The Morgan fingerprint density at radius 2 is 1.86 bits per heavy atom. The van der Waals surface area contributed by atoms with Crippen LogP contribution in [0.25, 0.3) is 0 Å². The molecule has 1 aromatic rings. The molecule has 3 heterocycles. The maximum absolute atomic E-state index is 13.0. The van der Waals surface area contributed by atoms with Crippen LogP contribution in [0, 0.1) is 13.8 Å². The number of benzene rings is 1. The molecule has 9 heteroatoms. The van der Waals surface area contributed by atoms with E-state index in [9.17, 15) is 14.4 Å². The molecule has 1 aromatic carbocycles. The number of rotatable bonds is 3. The molecule has 0 N–H and O–H groups in total. The first-order valence-corrected chi connectivity index (χ1v) is 9.17. The van der Waals surface area contributed by atoms with Gasteiger partial charge in [-0.3, -0.25) is 14.5 Å². The number of likely N-dealkylation sites (N-methyl/N-ethyl adjacent to an activating group) is 1. The second-order valence-corrected chi connectivity index (χ2v) is 7.37. The number of carbonyl (C=O) groups excluding carboxylic acids is 3. The summed E-state index contributed by atoms with van der Waals surface area (Å²) in [7, 11) is 2.83. The molecule has 4 rings (SSSR count). The lowest BCUT2D eigenvalue weighted by Crippen LogP contribution is -2.65. The maximum atomic E-state index is 13.0. The minimum Gasteiger partial charge on any atom is -0.468 e. The molecule has 3 amide bonds. The highest BCUT2D eigenvalue weighted by Crippen LogP contribution is 2.33. The summed E-state index contributed by atoms with van der Waals surface area (Å²) in [6.07, 6.45) is -0.599. The molecule has 0 aromatic heterocycles. The number of fused-ring (bicyclic) bond motifs is 3. The fourth-order valence-corrected chi connectivity index (χ4v) is 4.13. The van der Waals surface area contributed by atoms with E-state index < -0.39 is 36.7 Å². The molecule has 3 aliphatic rings. The number of urea groups is 1. The highest BCUT2D eigenvalue weighted by atomic mass is 16.5. The van der Waals surface area contributed by atoms with Gasteiger partial charge < -0.3 is 19.4 Å². The van der Waals surface area contributed by atoms with Gasteiger partial charge in [-0.1, -0.05) is 6.07 Å². The van der Waals surface area contributed by atoms with Crippen LogP contribution in [0.2, 0.25) is 0 Å². The quantitative estimate of drug-likeness (QED) is 0.707. The van der Waals surface area contributed by atoms with E-state index in [4.69, 9.17) is 4.99 Å². The predicted octanol–water partition coefficient (Wildman–Crippen LogP) is 0.557. The summed E-state index contributed by atoms with van der Waals surface area (Å²) in [5.41, 5.74) is 3.32. The van der Waals surface area contributed by atoms with E-state index in [0.717, 1.165) is 21.7 Å². The molecule has 0 saturated carbocycles. The summed E-state index contributed by atoms with van der Waals surface area (Å²) in [5, 5.41) is 0. The van der Waals surface area contributed by atoms with Crippen molar-refractivity contribution in [1.29, 1.82) is 0 Å². The number of anilines is 1. The van der Waals surface area contributed by atoms with E-state index in [0.29, 0.717) is 19.0 Å². The number of aryl methyl sites for hydroxylation is 2. The zero-order valence-electron chi connectivity index (χ0n) is 16.4. The van der Waals surface area contributed by atoms with E-state index in [1.54, 1.807) is 7.05 Å². The fraction of sp³-hybridized carbons (Fsp3) is 0.474. The summed E-state index contributed by atoms with van der Waals surface area (Å²) in [4.78, 5) is 48.4. The van der Waals surface area contributed by atoms with Crippen LogP contribution < -0.4 is 4.90 Å². The number of aliphatic imine (C=N–C) groups is 1. The van der Waals surface area contributed by atoms with Gasteiger partial charge in [0.25, 0.3) is 5.91 Å². The third-order valence-corrected chi connectivity index (χ3v) is 5.41. The van der Waals surface area contributed by atoms with E-state index in [1.165, 1.54) is 12.0 Å². The maximum Gasteiger partial charge on any atom is 0.328 e. The van der Waals surface area contributed by atoms with Crippen molar-refractivity contribution in [2.45, 2.75) is 26.1 Å². The number of imide groups is 1. The molecule has 2 saturated heterocycles. The molecule has 148 valence electrons. The SMILES string of the molecule is COC(=O)CN1C(=O)C2C(N=C3N(c4cc(C)cc(C)c4)CCN32)N(C)C1=O. The number of nitrogens with zero attached hydrogens (tertiary/aromatic N) is 5. The zero-order chi connectivity index (χ0) is 20.2. The summed E-state index contributed by atoms with van der Waals surface area (Å²) in [5.74, 6) is -0.363. The Balaban J connectivity index is 1.66. The van der Waals surface area contributed by atoms with Gasteiger partial charge in [-0.25, -0.2) is 9.79 Å². The Morgan fingerprint density at radius 1 is 1.18 bits per heavy atom. The van der Waals surface area contributed by atoms with Gasteiger partial charge in [0.05, 0.1) is 7.11 Å². The Hall–Kier alpha value is -3.10. The second kappa shape index (κ2) is 6.50. The third-order valence-electron chi connectivity index (χ3n) is 5.41. The lowest BCUT2D eigenvalue weighted by Gasteiger charge is -2.40. The van der Waals surface area contributed by atoms with Crippen molar-refractivity contribution in [3.8, 4) is 0 Å². The van der Waals surface area contributed by atoms with Crippen LogP contribution >= 0.6 is 0 Å². The Labute approximate surface area is 163 Å². The van der Waals surface area contributed by atoms with Crippen molar-refractivity contribution in [2.75, 3.05) is 38.7 Å². The van der Waals surface area contributed by atoms with Crippen LogP contribution in [0.1, 0.15) is 11.1 Å². The van der Waals surface area contributed by atoms with Crippen molar-refractivity contribution >= 4 is 29.6 Å². The van der Waals surface area contributed by atoms with Gasteiger partial charge >= 0.3 is 12.0 Å². The van der Waals surface area contributed by atoms with Gasteiger partial charge in [0, 0.05) is 25.8 Å². The second-order valence-electron chi connectivity index (χ2n) is 7.37. The number of esters is 1. The Morgan fingerprint density at radius 3 is 2.50 bits per heavy atom. The van der Waals surface area contributed by atoms with Crippen molar-refractivity contribution < 1.29 is 19.1 Å². The minimum absolute atomic E-state index is 0.397. The molecule has 2 unspecified atom stereocenters. The van der Waals surface area contributed by atoms with Crippen molar-refractivity contribution in [2.24, 2.45) is 4.99 Å². The molecular formula is C19H23N5O4. The monoisotopic (exact) mass is 385 g/mol. The van der Waals surface area contributed by atoms with E-state index in [1.807, 2.05) is 18.7 Å². The van der Waals surface area contributed by atoms with E-state index >= 15 is 0 Å². The normalized spacial score (nSPS) is 23.8. The molecule has 0 bridgehead atoms. The van der Waals surface area contributed by atoms with E-state index in [-0.39, 0.29) is 0 Å². The molecule has 0 radical (unpaired) electrons. The van der Waals surface area contributed by atoms with Crippen LogP contribution in [-0.2, 0) is 14.3 Å². The molecule has 9 nitrogen and oxygen atoms in total. The average Bonchev–Trinajstić information content (AvgIpc) is 3.21. The van der Waals surface area contributed by atoms with Crippen LogP contribution in [0.5, 0.6) is 0 Å². The van der Waals surface area contributed by atoms with Crippen LogP contribution in [-0.4, -0.2) is 84.6 Å². The number of carbonyl (C=O) groups is 3. The molecule has 28 heavy (non-hydrogen) atoms. The fourth-order valence-electron chi connectivity index (χ4n) is 4.13. The summed E-state index contributed by atoms with van der Waals surface area (Å²) in [6, 6.07) is 5.11. The zero-order valence-corrected chi connectivity index (χ0v) is 16.4. The largest absolute Gasteiger partial charge is 0.468 e. The summed E-state index contributed by atoms with van der Waals surface area (Å²) < 4.78 is 4.63. The highest BCUT2D eigenvalue weighted by molar-refractivity contribution is 6.08. The van der Waals surface area contributed by atoms with Crippen LogP contribution in [0.4, 0.5) is 10.5 Å². The first-order chi connectivity index (χ1) is 13.3. The van der Waals surface area contributed by atoms with Gasteiger partial charge in [-0.15, -0.1) is 0 Å². The van der Waals surface area contributed by atoms with Gasteiger partial charge in [-0.2, -0.15) is 0 Å². The van der Waals surface area contributed by atoms with Crippen LogP contribution in [0.15, 0.2) is 23.2 Å². The molecule has 2 fully saturated rings. The lowest BCUT2D eigenvalue weighted by atomic mass is 10.1. The number of ether oxygens (including phenoxy) is 1. The number of hydrogen-bond acceptors (Lipinski definition) is 7. The van der Waals surface area contributed by atoms with Crippen molar-refractivity contribution in [3.05, 3.63) is 29.3 Å². The van der Waals surface area contributed by atoms with E-state index in [2.05, 4.69) is 27.8 Å². The Bertz CT molecular complexity index is 878. The van der Waals surface area contributed by atoms with Crippen LogP contribution in [0.3, 0.4) is 0 Å². The summed E-state index contributed by atoms with van der Waals surface area (Å²) in [6.45, 7) is 5.01. The van der Waals surface area contributed by atoms with Gasteiger partial charge in [0.2, 0.25) is 5.96 Å². The predicted molar refractivity (Wildman–Crippen MR) is 102 cm³/mol. The number of guanidine groups is 1. The third kappa shape index (κ3) is 2.69. The van der Waals surface area contributed by atoms with Crippen molar-refractivity contribution in [1.82, 2.24) is 14.7 Å². The smallest absolute Gasteiger partial charge is 0.328 e. The standard InChI is InChI=1S/C19H23N5O4/c1-11-7-12(2)9-13(8-11)22-5-6-23-15-16(20-18(22)23)21(3)19(27)24(17(15)26)10-14(25)28-4/h7-9,15-16H,5-6,10H2,1-4H3. The highest BCUT2D eigenvalue weighted by Gasteiger charge is 2.55. The molecule has 3 aliphatic heterocycles. The van der Waals surface area contributed by atoms with Gasteiger partial charge in [0.1, 0.15) is 6.54 Å². The summed E-state index contributed by atoms with van der Waals surface area (Å²) >= 11 is 0. The molecule has 0 spiro atoms. The molecule has 2 atom stereocenters. The topological polar surface area (TPSA) is 85.8 Å². The number of methoxy groups -OCH3 is 1. The van der Waals surface area contributed by atoms with Crippen molar-refractivity contribution in [3.63, 3.8) is 0 Å². The number of hydrogen-bond donors (Lipinski definition) is 0. The first kappa shape index (κ1) is 18.3. The van der Waals surface area contributed by atoms with Gasteiger partial charge in [-0.05, 0) is 37.1 Å². The minimum atomic E-state index is -0.633. The number of amides is 3. The Kier molecular flexibility index (Phi) is 4.24. The van der Waals surface area contributed by atoms with Gasteiger partial charge in [0.15, 0.2) is 12.2 Å². The molecular weight excluding hydrogens is 362 g/mol. The first-order valence-electron chi connectivity index (χ1n) is 9.17. The molecule has 0 aliphatic carbocycles.